The van der Waals surface area contributed by atoms with Gasteiger partial charge < -0.3 is 19.7 Å². The molecule has 2 amide bonds. The molecule has 33 heavy (non-hydrogen) atoms. The van der Waals surface area contributed by atoms with Gasteiger partial charge in [0.05, 0.1) is 7.11 Å². The predicted molar refractivity (Wildman–Crippen MR) is 109 cm³/mol. The van der Waals surface area contributed by atoms with Crippen LogP contribution in [0.4, 0.5) is 22.4 Å². The Morgan fingerprint density at radius 1 is 1.06 bits per heavy atom. The standard InChI is InChI=1S/C20H21F4N3O5S/c1-31-17-10-13(2-5-16(17)32-19(23)24)12-25-20(28)26-6-8-27(9-7-26)33(29,30)18-11-14(21)3-4-15(18)22/h2-5,10-11,19H,6-9,12H2,1H3,(H,25,28). The topological polar surface area (TPSA) is 88.2 Å². The molecule has 1 heterocycles. The predicted octanol–water partition coefficient (Wildman–Crippen LogP) is 2.79. The van der Waals surface area contributed by atoms with Crippen molar-refractivity contribution in [3.8, 4) is 11.5 Å². The molecule has 0 aliphatic carbocycles. The Hall–Kier alpha value is -3.06. The molecule has 1 fully saturated rings. The highest BCUT2D eigenvalue weighted by atomic mass is 32.2. The Labute approximate surface area is 187 Å². The lowest BCUT2D eigenvalue weighted by atomic mass is 10.2. The Kier molecular flexibility index (Phi) is 7.64. The first-order valence-electron chi connectivity index (χ1n) is 9.71. The van der Waals surface area contributed by atoms with Crippen LogP contribution >= 0.6 is 0 Å². The molecule has 0 atom stereocenters. The van der Waals surface area contributed by atoms with Gasteiger partial charge in [-0.3, -0.25) is 0 Å². The lowest BCUT2D eigenvalue weighted by Gasteiger charge is -2.34. The number of urea groups is 1. The van der Waals surface area contributed by atoms with E-state index >= 15 is 0 Å². The van der Waals surface area contributed by atoms with Crippen LogP contribution in [-0.2, 0) is 16.6 Å². The summed E-state index contributed by atoms with van der Waals surface area (Å²) >= 11 is 0. The first-order chi connectivity index (χ1) is 15.6. The average molecular weight is 491 g/mol. The largest absolute Gasteiger partial charge is 0.493 e. The number of nitrogens with one attached hydrogen (secondary N) is 1. The van der Waals surface area contributed by atoms with Gasteiger partial charge in [-0.15, -0.1) is 0 Å². The number of piperazine rings is 1. The summed E-state index contributed by atoms with van der Waals surface area (Å²) in [5, 5.41) is 2.65. The molecule has 0 spiro atoms. The minimum Gasteiger partial charge on any atom is -0.493 e. The van der Waals surface area contributed by atoms with Crippen LogP contribution in [0.15, 0.2) is 41.3 Å². The van der Waals surface area contributed by atoms with E-state index in [4.69, 9.17) is 4.74 Å². The van der Waals surface area contributed by atoms with Crippen LogP contribution in [0.2, 0.25) is 0 Å². The molecule has 0 bridgehead atoms. The lowest BCUT2D eigenvalue weighted by Crippen LogP contribution is -2.53. The van der Waals surface area contributed by atoms with Crippen molar-refractivity contribution in [1.29, 1.82) is 0 Å². The number of sulfonamides is 1. The molecule has 2 aromatic rings. The summed E-state index contributed by atoms with van der Waals surface area (Å²) < 4.78 is 87.8. The molecule has 180 valence electrons. The zero-order valence-corrected chi connectivity index (χ0v) is 18.2. The number of amides is 2. The Morgan fingerprint density at radius 2 is 1.76 bits per heavy atom. The van der Waals surface area contributed by atoms with Crippen molar-refractivity contribution in [2.45, 2.75) is 18.1 Å². The van der Waals surface area contributed by atoms with Gasteiger partial charge in [0, 0.05) is 32.7 Å². The van der Waals surface area contributed by atoms with E-state index in [1.807, 2.05) is 0 Å². The van der Waals surface area contributed by atoms with E-state index < -0.39 is 39.2 Å². The summed E-state index contributed by atoms with van der Waals surface area (Å²) in [6.07, 6.45) is 0. The van der Waals surface area contributed by atoms with Crippen LogP contribution in [0.3, 0.4) is 0 Å². The Morgan fingerprint density at radius 3 is 2.39 bits per heavy atom. The van der Waals surface area contributed by atoms with E-state index in [2.05, 4.69) is 10.1 Å². The first-order valence-corrected chi connectivity index (χ1v) is 11.2. The van der Waals surface area contributed by atoms with Crippen molar-refractivity contribution in [3.63, 3.8) is 0 Å². The molecule has 1 aliphatic rings. The van der Waals surface area contributed by atoms with E-state index in [0.29, 0.717) is 11.6 Å². The molecule has 8 nitrogen and oxygen atoms in total. The molecule has 0 saturated carbocycles. The Bertz CT molecular complexity index is 1110. The molecule has 3 rings (SSSR count). The molecule has 1 aliphatic heterocycles. The van der Waals surface area contributed by atoms with Gasteiger partial charge in [-0.2, -0.15) is 13.1 Å². The zero-order valence-electron chi connectivity index (χ0n) is 17.4. The minimum atomic E-state index is -4.26. The van der Waals surface area contributed by atoms with E-state index in [0.717, 1.165) is 16.4 Å². The SMILES string of the molecule is COc1cc(CNC(=O)N2CCN(S(=O)(=O)c3cc(F)ccc3F)CC2)ccc1OC(F)F. The van der Waals surface area contributed by atoms with E-state index in [-0.39, 0.29) is 44.2 Å². The molecule has 1 N–H and O–H groups in total. The van der Waals surface area contributed by atoms with E-state index in [9.17, 15) is 30.8 Å². The number of carbonyl (C=O) groups excluding carboxylic acids is 1. The highest BCUT2D eigenvalue weighted by molar-refractivity contribution is 7.89. The van der Waals surface area contributed by atoms with E-state index in [1.165, 1.54) is 30.2 Å². The summed E-state index contributed by atoms with van der Waals surface area (Å²) in [5.41, 5.74) is 0.560. The fourth-order valence-corrected chi connectivity index (χ4v) is 4.75. The third-order valence-corrected chi connectivity index (χ3v) is 6.84. The Balaban J connectivity index is 1.57. The van der Waals surface area contributed by atoms with Gasteiger partial charge >= 0.3 is 12.6 Å². The molecule has 13 heteroatoms. The quantitative estimate of drug-likeness (QED) is 0.602. The summed E-state index contributed by atoms with van der Waals surface area (Å²) in [6, 6.07) is 5.93. The number of benzene rings is 2. The highest BCUT2D eigenvalue weighted by Crippen LogP contribution is 2.29. The van der Waals surface area contributed by atoms with Gasteiger partial charge in [0.25, 0.3) is 0 Å². The minimum absolute atomic E-state index is 0.0342. The molecule has 2 aromatic carbocycles. The number of hydrogen-bond donors (Lipinski definition) is 1. The lowest BCUT2D eigenvalue weighted by molar-refractivity contribution is -0.0512. The van der Waals surface area contributed by atoms with Crippen LogP contribution < -0.4 is 14.8 Å². The maximum atomic E-state index is 13.9. The molecular formula is C20H21F4N3O5S. The van der Waals surface area contributed by atoms with Crippen LogP contribution in [0.5, 0.6) is 11.5 Å². The van der Waals surface area contributed by atoms with Crippen LogP contribution in [0, 0.1) is 11.6 Å². The van der Waals surface area contributed by atoms with Gasteiger partial charge in [-0.05, 0) is 35.9 Å². The number of ether oxygens (including phenoxy) is 2. The first kappa shape index (κ1) is 24.6. The van der Waals surface area contributed by atoms with Gasteiger partial charge in [0.15, 0.2) is 11.5 Å². The second-order valence-electron chi connectivity index (χ2n) is 6.99. The second kappa shape index (κ2) is 10.3. The van der Waals surface area contributed by atoms with E-state index in [1.54, 1.807) is 0 Å². The van der Waals surface area contributed by atoms with Crippen molar-refractivity contribution in [1.82, 2.24) is 14.5 Å². The molecule has 1 saturated heterocycles. The number of hydrogen-bond acceptors (Lipinski definition) is 5. The number of alkyl halides is 2. The van der Waals surface area contributed by atoms with Crippen molar-refractivity contribution in [2.75, 3.05) is 33.3 Å². The number of methoxy groups -OCH3 is 1. The number of nitrogens with zero attached hydrogens (tertiary/aromatic N) is 2. The number of carbonyl (C=O) groups is 1. The molecule has 0 aromatic heterocycles. The van der Waals surface area contributed by atoms with Gasteiger partial charge in [0.1, 0.15) is 16.5 Å². The van der Waals surface area contributed by atoms with Crippen molar-refractivity contribution < 1.29 is 40.2 Å². The maximum Gasteiger partial charge on any atom is 0.387 e. The highest BCUT2D eigenvalue weighted by Gasteiger charge is 2.32. The maximum absolute atomic E-state index is 13.9. The second-order valence-corrected chi connectivity index (χ2v) is 8.89. The van der Waals surface area contributed by atoms with Crippen LogP contribution in [0.1, 0.15) is 5.56 Å². The van der Waals surface area contributed by atoms with Gasteiger partial charge in [-0.25, -0.2) is 22.0 Å². The number of rotatable bonds is 7. The normalized spacial score (nSPS) is 14.9. The van der Waals surface area contributed by atoms with Crippen LogP contribution in [0.25, 0.3) is 0 Å². The average Bonchev–Trinajstić information content (AvgIpc) is 2.79. The van der Waals surface area contributed by atoms with Crippen LogP contribution in [-0.4, -0.2) is 63.6 Å². The third kappa shape index (κ3) is 5.85. The summed E-state index contributed by atoms with van der Waals surface area (Å²) in [4.78, 5) is 13.1. The smallest absolute Gasteiger partial charge is 0.387 e. The van der Waals surface area contributed by atoms with Crippen molar-refractivity contribution in [2.24, 2.45) is 0 Å². The molecule has 0 unspecified atom stereocenters. The van der Waals surface area contributed by atoms with Crippen molar-refractivity contribution in [3.05, 3.63) is 53.6 Å². The summed E-state index contributed by atoms with van der Waals surface area (Å²) in [5.74, 6) is -2.00. The molecule has 0 radical (unpaired) electrons. The third-order valence-electron chi connectivity index (χ3n) is 4.92. The van der Waals surface area contributed by atoms with Crippen molar-refractivity contribution >= 4 is 16.1 Å². The fraction of sp³-hybridized carbons (Fsp3) is 0.350. The fourth-order valence-electron chi connectivity index (χ4n) is 3.25. The summed E-state index contributed by atoms with van der Waals surface area (Å²) in [7, 11) is -2.97. The zero-order chi connectivity index (χ0) is 24.2. The van der Waals surface area contributed by atoms with Gasteiger partial charge in [0.2, 0.25) is 10.0 Å². The molecular weight excluding hydrogens is 470 g/mol. The summed E-state index contributed by atoms with van der Waals surface area (Å²) in [6.45, 7) is -3.08. The number of halogens is 4. The van der Waals surface area contributed by atoms with Gasteiger partial charge in [-0.1, -0.05) is 6.07 Å². The monoisotopic (exact) mass is 491 g/mol.